The summed E-state index contributed by atoms with van der Waals surface area (Å²) in [6.45, 7) is 0.908. The molecule has 0 aliphatic carbocycles. The van der Waals surface area contributed by atoms with Gasteiger partial charge in [-0.2, -0.15) is 0 Å². The van der Waals surface area contributed by atoms with Gasteiger partial charge in [0.25, 0.3) is 0 Å². The summed E-state index contributed by atoms with van der Waals surface area (Å²) in [7, 11) is 3.59. The SMILES string of the molecule is COCC(c1ccccn1)N(C)Cc1nnc(-c2cccc(F)c2)o1. The van der Waals surface area contributed by atoms with Crippen LogP contribution in [0.15, 0.2) is 53.1 Å². The molecule has 6 nitrogen and oxygen atoms in total. The predicted molar refractivity (Wildman–Crippen MR) is 90.0 cm³/mol. The molecule has 25 heavy (non-hydrogen) atoms. The zero-order valence-corrected chi connectivity index (χ0v) is 14.1. The molecule has 0 bridgehead atoms. The smallest absolute Gasteiger partial charge is 0.247 e. The number of hydrogen-bond donors (Lipinski definition) is 0. The van der Waals surface area contributed by atoms with Gasteiger partial charge in [-0.15, -0.1) is 10.2 Å². The van der Waals surface area contributed by atoms with Gasteiger partial charge in [0.1, 0.15) is 5.82 Å². The van der Waals surface area contributed by atoms with E-state index in [2.05, 4.69) is 15.2 Å². The summed E-state index contributed by atoms with van der Waals surface area (Å²) in [5.41, 5.74) is 1.45. The second-order valence-corrected chi connectivity index (χ2v) is 5.65. The number of likely N-dealkylation sites (N-methyl/N-ethyl adjacent to an activating group) is 1. The molecule has 2 heterocycles. The first-order valence-electron chi connectivity index (χ1n) is 7.86. The van der Waals surface area contributed by atoms with E-state index >= 15 is 0 Å². The number of aromatic nitrogens is 3. The van der Waals surface area contributed by atoms with Gasteiger partial charge in [-0.25, -0.2) is 4.39 Å². The maximum absolute atomic E-state index is 13.3. The molecular formula is C18H19FN4O2. The van der Waals surface area contributed by atoms with Crippen LogP contribution in [0.2, 0.25) is 0 Å². The lowest BCUT2D eigenvalue weighted by atomic mass is 10.1. The van der Waals surface area contributed by atoms with Crippen LogP contribution in [0.4, 0.5) is 4.39 Å². The Morgan fingerprint density at radius 2 is 2.08 bits per heavy atom. The minimum atomic E-state index is -0.343. The largest absolute Gasteiger partial charge is 0.419 e. The van der Waals surface area contributed by atoms with Crippen molar-refractivity contribution in [2.75, 3.05) is 20.8 Å². The predicted octanol–water partition coefficient (Wildman–Crippen LogP) is 3.09. The van der Waals surface area contributed by atoms with Crippen molar-refractivity contribution in [1.29, 1.82) is 0 Å². The van der Waals surface area contributed by atoms with Crippen molar-refractivity contribution in [2.45, 2.75) is 12.6 Å². The van der Waals surface area contributed by atoms with Crippen molar-refractivity contribution in [3.63, 3.8) is 0 Å². The molecule has 3 aromatic rings. The topological polar surface area (TPSA) is 64.3 Å². The van der Waals surface area contributed by atoms with E-state index in [9.17, 15) is 4.39 Å². The molecule has 1 atom stereocenters. The van der Waals surface area contributed by atoms with Crippen LogP contribution in [-0.4, -0.2) is 40.8 Å². The fraction of sp³-hybridized carbons (Fsp3) is 0.278. The molecule has 0 N–H and O–H groups in total. The van der Waals surface area contributed by atoms with E-state index in [4.69, 9.17) is 9.15 Å². The first-order valence-corrected chi connectivity index (χ1v) is 7.86. The van der Waals surface area contributed by atoms with Crippen molar-refractivity contribution < 1.29 is 13.5 Å². The van der Waals surface area contributed by atoms with Crippen LogP contribution in [0.25, 0.3) is 11.5 Å². The molecule has 130 valence electrons. The Kier molecular flexibility index (Phi) is 5.47. The minimum Gasteiger partial charge on any atom is -0.419 e. The third-order valence-corrected chi connectivity index (χ3v) is 3.81. The molecule has 7 heteroatoms. The monoisotopic (exact) mass is 342 g/mol. The molecule has 1 aromatic carbocycles. The van der Waals surface area contributed by atoms with E-state index < -0.39 is 0 Å². The van der Waals surface area contributed by atoms with Gasteiger partial charge in [0.2, 0.25) is 11.8 Å². The highest BCUT2D eigenvalue weighted by atomic mass is 19.1. The number of hydrogen-bond acceptors (Lipinski definition) is 6. The average molecular weight is 342 g/mol. The molecule has 0 saturated carbocycles. The summed E-state index contributed by atoms with van der Waals surface area (Å²) in [6, 6.07) is 11.8. The van der Waals surface area contributed by atoms with Crippen LogP contribution in [0.5, 0.6) is 0 Å². The van der Waals surface area contributed by atoms with Crippen LogP contribution in [0, 0.1) is 5.82 Å². The molecular weight excluding hydrogens is 323 g/mol. The van der Waals surface area contributed by atoms with Crippen LogP contribution >= 0.6 is 0 Å². The van der Waals surface area contributed by atoms with Crippen molar-refractivity contribution in [3.05, 3.63) is 66.1 Å². The van der Waals surface area contributed by atoms with E-state index in [0.717, 1.165) is 5.69 Å². The molecule has 0 spiro atoms. The van der Waals surface area contributed by atoms with E-state index in [1.807, 2.05) is 30.1 Å². The first-order chi connectivity index (χ1) is 12.2. The fourth-order valence-electron chi connectivity index (χ4n) is 2.55. The number of methoxy groups -OCH3 is 1. The highest BCUT2D eigenvalue weighted by Crippen LogP contribution is 2.22. The van der Waals surface area contributed by atoms with Crippen molar-refractivity contribution in [3.8, 4) is 11.5 Å². The lowest BCUT2D eigenvalue weighted by Gasteiger charge is -2.25. The molecule has 3 rings (SSSR count). The van der Waals surface area contributed by atoms with E-state index in [-0.39, 0.29) is 11.9 Å². The molecule has 0 amide bonds. The summed E-state index contributed by atoms with van der Waals surface area (Å²) in [5, 5.41) is 8.06. The number of rotatable bonds is 7. The average Bonchev–Trinajstić information content (AvgIpc) is 3.09. The minimum absolute atomic E-state index is 0.0456. The highest BCUT2D eigenvalue weighted by molar-refractivity contribution is 5.52. The molecule has 0 radical (unpaired) electrons. The van der Waals surface area contributed by atoms with E-state index in [0.29, 0.717) is 30.5 Å². The summed E-state index contributed by atoms with van der Waals surface area (Å²) < 4.78 is 24.3. The van der Waals surface area contributed by atoms with Gasteiger partial charge in [-0.05, 0) is 37.4 Å². The van der Waals surface area contributed by atoms with Crippen LogP contribution < -0.4 is 0 Å². The van der Waals surface area contributed by atoms with Gasteiger partial charge in [-0.1, -0.05) is 12.1 Å². The number of ether oxygens (including phenoxy) is 1. The lowest BCUT2D eigenvalue weighted by Crippen LogP contribution is -2.28. The zero-order chi connectivity index (χ0) is 17.6. The Labute approximate surface area is 145 Å². The molecule has 1 unspecified atom stereocenters. The number of pyridine rings is 1. The van der Waals surface area contributed by atoms with Crippen LogP contribution in [0.1, 0.15) is 17.6 Å². The Hall–Kier alpha value is -2.64. The summed E-state index contributed by atoms with van der Waals surface area (Å²) in [4.78, 5) is 6.42. The molecule has 0 saturated heterocycles. The summed E-state index contributed by atoms with van der Waals surface area (Å²) >= 11 is 0. The standard InChI is InChI=1S/C18H19FN4O2/c1-23(16(12-24-2)15-8-3-4-9-20-15)11-17-21-22-18(25-17)13-6-5-7-14(19)10-13/h3-10,16H,11-12H2,1-2H3. The van der Waals surface area contributed by atoms with Gasteiger partial charge >= 0.3 is 0 Å². The summed E-state index contributed by atoms with van der Waals surface area (Å²) in [6.07, 6.45) is 1.75. The Balaban J connectivity index is 1.75. The number of benzene rings is 1. The van der Waals surface area contributed by atoms with Gasteiger partial charge < -0.3 is 9.15 Å². The lowest BCUT2D eigenvalue weighted by molar-refractivity contribution is 0.0949. The first kappa shape index (κ1) is 17.2. The van der Waals surface area contributed by atoms with Crippen molar-refractivity contribution in [2.24, 2.45) is 0 Å². The Morgan fingerprint density at radius 3 is 2.80 bits per heavy atom. The van der Waals surface area contributed by atoms with Crippen molar-refractivity contribution in [1.82, 2.24) is 20.1 Å². The van der Waals surface area contributed by atoms with Gasteiger partial charge in [0.15, 0.2) is 0 Å². The fourth-order valence-corrected chi connectivity index (χ4v) is 2.55. The third-order valence-electron chi connectivity index (χ3n) is 3.81. The normalized spacial score (nSPS) is 12.5. The maximum atomic E-state index is 13.3. The maximum Gasteiger partial charge on any atom is 0.247 e. The van der Waals surface area contributed by atoms with Crippen LogP contribution in [0.3, 0.4) is 0 Å². The second kappa shape index (κ2) is 7.96. The number of nitrogens with zero attached hydrogens (tertiary/aromatic N) is 4. The Morgan fingerprint density at radius 1 is 1.20 bits per heavy atom. The molecule has 0 aliphatic rings. The van der Waals surface area contributed by atoms with Gasteiger partial charge in [0.05, 0.1) is 24.9 Å². The summed E-state index contributed by atoms with van der Waals surface area (Å²) in [5.74, 6) is 0.396. The second-order valence-electron chi connectivity index (χ2n) is 5.65. The Bertz CT molecular complexity index is 810. The molecule has 0 aliphatic heterocycles. The number of halogens is 1. The zero-order valence-electron chi connectivity index (χ0n) is 14.1. The van der Waals surface area contributed by atoms with E-state index in [1.54, 1.807) is 25.4 Å². The van der Waals surface area contributed by atoms with E-state index in [1.165, 1.54) is 12.1 Å². The van der Waals surface area contributed by atoms with Crippen molar-refractivity contribution >= 4 is 0 Å². The highest BCUT2D eigenvalue weighted by Gasteiger charge is 2.20. The third kappa shape index (κ3) is 4.26. The quantitative estimate of drug-likeness (QED) is 0.657. The molecule has 2 aromatic heterocycles. The van der Waals surface area contributed by atoms with Crippen LogP contribution in [-0.2, 0) is 11.3 Å². The molecule has 0 fully saturated rings. The van der Waals surface area contributed by atoms with Gasteiger partial charge in [0, 0.05) is 18.9 Å². The van der Waals surface area contributed by atoms with Gasteiger partial charge in [-0.3, -0.25) is 9.88 Å².